The SMILES string of the molecule is Oc1ccc(-n2nnnc2Sc2ncncc2I)cc1. The second-order valence-electron chi connectivity index (χ2n) is 3.67. The van der Waals surface area contributed by atoms with Crippen LogP contribution in [0.3, 0.4) is 0 Å². The van der Waals surface area contributed by atoms with Crippen LogP contribution in [0.1, 0.15) is 0 Å². The zero-order valence-electron chi connectivity index (χ0n) is 9.88. The number of tetrazole rings is 1. The van der Waals surface area contributed by atoms with E-state index in [1.54, 1.807) is 35.1 Å². The molecule has 0 aliphatic carbocycles. The number of hydrogen-bond donors (Lipinski definition) is 1. The molecule has 0 fully saturated rings. The van der Waals surface area contributed by atoms with E-state index in [0.29, 0.717) is 5.16 Å². The molecule has 0 unspecified atom stereocenters. The Kier molecular flexibility index (Phi) is 3.78. The maximum atomic E-state index is 9.31. The Bertz CT molecular complexity index is 732. The normalized spacial score (nSPS) is 10.7. The number of halogens is 1. The Morgan fingerprint density at radius 3 is 2.75 bits per heavy atom. The van der Waals surface area contributed by atoms with Gasteiger partial charge in [0.05, 0.1) is 9.26 Å². The Hall–Kier alpha value is -1.75. The van der Waals surface area contributed by atoms with Gasteiger partial charge in [0.1, 0.15) is 17.1 Å². The van der Waals surface area contributed by atoms with Gasteiger partial charge in [-0.2, -0.15) is 4.68 Å². The van der Waals surface area contributed by atoms with E-state index >= 15 is 0 Å². The van der Waals surface area contributed by atoms with Gasteiger partial charge in [-0.1, -0.05) is 0 Å². The topological polar surface area (TPSA) is 89.6 Å². The highest BCUT2D eigenvalue weighted by Gasteiger charge is 2.12. The molecule has 0 amide bonds. The van der Waals surface area contributed by atoms with E-state index in [9.17, 15) is 5.11 Å². The molecule has 0 saturated heterocycles. The molecule has 2 aromatic heterocycles. The molecule has 0 aliphatic rings. The van der Waals surface area contributed by atoms with Crippen molar-refractivity contribution in [1.82, 2.24) is 30.2 Å². The minimum atomic E-state index is 0.196. The zero-order valence-corrected chi connectivity index (χ0v) is 12.9. The number of phenolic OH excluding ortho intramolecular Hbond substituents is 1. The van der Waals surface area contributed by atoms with Gasteiger partial charge in [-0.25, -0.2) is 9.97 Å². The Balaban J connectivity index is 1.95. The molecule has 0 radical (unpaired) electrons. The third-order valence-corrected chi connectivity index (χ3v) is 4.47. The molecule has 2 heterocycles. The van der Waals surface area contributed by atoms with Gasteiger partial charge in [0.2, 0.25) is 5.16 Å². The molecule has 0 spiro atoms. The lowest BCUT2D eigenvalue weighted by Crippen LogP contribution is -1.99. The first-order valence-electron chi connectivity index (χ1n) is 5.45. The summed E-state index contributed by atoms with van der Waals surface area (Å²) >= 11 is 3.51. The fraction of sp³-hybridized carbons (Fsp3) is 0. The van der Waals surface area contributed by atoms with Crippen LogP contribution < -0.4 is 0 Å². The van der Waals surface area contributed by atoms with Crippen molar-refractivity contribution in [2.45, 2.75) is 10.2 Å². The second-order valence-corrected chi connectivity index (χ2v) is 5.79. The van der Waals surface area contributed by atoms with Gasteiger partial charge < -0.3 is 5.11 Å². The van der Waals surface area contributed by atoms with Crippen molar-refractivity contribution in [3.05, 3.63) is 40.4 Å². The summed E-state index contributed by atoms with van der Waals surface area (Å²) in [5.74, 6) is 0.196. The van der Waals surface area contributed by atoms with Gasteiger partial charge in [-0.15, -0.1) is 5.10 Å². The highest BCUT2D eigenvalue weighted by molar-refractivity contribution is 14.1. The lowest BCUT2D eigenvalue weighted by atomic mass is 10.3. The summed E-state index contributed by atoms with van der Waals surface area (Å²) in [6, 6.07) is 6.64. The van der Waals surface area contributed by atoms with Gasteiger partial charge in [0.25, 0.3) is 0 Å². The average molecular weight is 398 g/mol. The van der Waals surface area contributed by atoms with Gasteiger partial charge in [0, 0.05) is 6.20 Å². The number of aromatic hydroxyl groups is 1. The van der Waals surface area contributed by atoms with E-state index in [4.69, 9.17) is 0 Å². The smallest absolute Gasteiger partial charge is 0.220 e. The predicted octanol–water partition coefficient (Wildman–Crippen LogP) is 1.91. The third kappa shape index (κ3) is 2.72. The highest BCUT2D eigenvalue weighted by Crippen LogP contribution is 2.28. The van der Waals surface area contributed by atoms with Gasteiger partial charge in [-0.05, 0) is 69.0 Å². The summed E-state index contributed by atoms with van der Waals surface area (Å²) in [4.78, 5) is 8.14. The molecule has 7 nitrogen and oxygen atoms in total. The number of phenols is 1. The summed E-state index contributed by atoms with van der Waals surface area (Å²) < 4.78 is 2.51. The fourth-order valence-electron chi connectivity index (χ4n) is 1.46. The molecule has 100 valence electrons. The van der Waals surface area contributed by atoms with Crippen LogP contribution in [0.4, 0.5) is 0 Å². The van der Waals surface area contributed by atoms with Crippen LogP contribution in [0.2, 0.25) is 0 Å². The Morgan fingerprint density at radius 2 is 2.00 bits per heavy atom. The lowest BCUT2D eigenvalue weighted by molar-refractivity contribution is 0.475. The van der Waals surface area contributed by atoms with E-state index in [-0.39, 0.29) is 5.75 Å². The lowest BCUT2D eigenvalue weighted by Gasteiger charge is -2.04. The molecule has 3 aromatic rings. The number of rotatable bonds is 3. The molecule has 0 atom stereocenters. The van der Waals surface area contributed by atoms with Gasteiger partial charge >= 0.3 is 0 Å². The largest absolute Gasteiger partial charge is 0.508 e. The standard InChI is InChI=1S/C11H7IN6OS/c12-9-5-13-6-14-10(9)20-11-15-16-17-18(11)7-1-3-8(19)4-2-7/h1-6,19H. The summed E-state index contributed by atoms with van der Waals surface area (Å²) in [6.07, 6.45) is 3.21. The van der Waals surface area contributed by atoms with Crippen molar-refractivity contribution in [3.63, 3.8) is 0 Å². The molecule has 0 saturated carbocycles. The van der Waals surface area contributed by atoms with Crippen LogP contribution in [-0.2, 0) is 0 Å². The highest BCUT2D eigenvalue weighted by atomic mass is 127. The number of benzene rings is 1. The van der Waals surface area contributed by atoms with Crippen LogP contribution in [0, 0.1) is 3.57 Å². The maximum Gasteiger partial charge on any atom is 0.220 e. The summed E-state index contributed by atoms with van der Waals surface area (Å²) in [5, 5.41) is 22.3. The zero-order chi connectivity index (χ0) is 13.9. The first kappa shape index (κ1) is 13.2. The van der Waals surface area contributed by atoms with Crippen molar-refractivity contribution in [1.29, 1.82) is 0 Å². The van der Waals surface area contributed by atoms with Gasteiger partial charge in [-0.3, -0.25) is 0 Å². The van der Waals surface area contributed by atoms with Crippen LogP contribution in [-0.4, -0.2) is 35.3 Å². The van der Waals surface area contributed by atoms with Crippen molar-refractivity contribution in [2.24, 2.45) is 0 Å². The summed E-state index contributed by atoms with van der Waals surface area (Å²) in [6.45, 7) is 0. The second kappa shape index (κ2) is 5.71. The van der Waals surface area contributed by atoms with Gasteiger partial charge in [0.15, 0.2) is 0 Å². The Morgan fingerprint density at radius 1 is 1.20 bits per heavy atom. The summed E-state index contributed by atoms with van der Waals surface area (Å²) in [5.41, 5.74) is 0.763. The molecule has 3 rings (SSSR count). The molecule has 0 bridgehead atoms. The predicted molar refractivity (Wildman–Crippen MR) is 79.7 cm³/mol. The fourth-order valence-corrected chi connectivity index (χ4v) is 2.82. The molecule has 1 aromatic carbocycles. The molecular weight excluding hydrogens is 391 g/mol. The van der Waals surface area contributed by atoms with Crippen molar-refractivity contribution in [3.8, 4) is 11.4 Å². The van der Waals surface area contributed by atoms with Crippen LogP contribution >= 0.6 is 34.4 Å². The van der Waals surface area contributed by atoms with Crippen LogP contribution in [0.5, 0.6) is 5.75 Å². The molecule has 20 heavy (non-hydrogen) atoms. The first-order chi connectivity index (χ1) is 9.74. The van der Waals surface area contributed by atoms with Crippen LogP contribution in [0.15, 0.2) is 47.0 Å². The van der Waals surface area contributed by atoms with Crippen molar-refractivity contribution < 1.29 is 5.11 Å². The quantitative estimate of drug-likeness (QED) is 0.533. The Labute approximate surface area is 131 Å². The van der Waals surface area contributed by atoms with Crippen molar-refractivity contribution in [2.75, 3.05) is 0 Å². The number of nitrogens with zero attached hydrogens (tertiary/aromatic N) is 6. The molecule has 9 heteroatoms. The summed E-state index contributed by atoms with van der Waals surface area (Å²) in [7, 11) is 0. The number of aromatic nitrogens is 6. The molecular formula is C11H7IN6OS. The minimum absolute atomic E-state index is 0.196. The van der Waals surface area contributed by atoms with E-state index in [0.717, 1.165) is 14.3 Å². The molecule has 1 N–H and O–H groups in total. The van der Waals surface area contributed by atoms with E-state index < -0.39 is 0 Å². The number of hydrogen-bond acceptors (Lipinski definition) is 7. The van der Waals surface area contributed by atoms with Crippen LogP contribution in [0.25, 0.3) is 5.69 Å². The monoisotopic (exact) mass is 398 g/mol. The minimum Gasteiger partial charge on any atom is -0.508 e. The first-order valence-corrected chi connectivity index (χ1v) is 7.35. The van der Waals surface area contributed by atoms with E-state index in [1.165, 1.54) is 18.1 Å². The van der Waals surface area contributed by atoms with Crippen molar-refractivity contribution >= 4 is 34.4 Å². The average Bonchev–Trinajstić information content (AvgIpc) is 2.90. The van der Waals surface area contributed by atoms with E-state index in [2.05, 4.69) is 48.1 Å². The van der Waals surface area contributed by atoms with E-state index in [1.807, 2.05) is 0 Å². The third-order valence-electron chi connectivity index (χ3n) is 2.36. The molecule has 0 aliphatic heterocycles. The maximum absolute atomic E-state index is 9.31.